The van der Waals surface area contributed by atoms with E-state index < -0.39 is 0 Å². The van der Waals surface area contributed by atoms with Gasteiger partial charge in [-0.25, -0.2) is 0 Å². The molecule has 1 aliphatic rings. The summed E-state index contributed by atoms with van der Waals surface area (Å²) in [4.78, 5) is 1.06. The lowest BCUT2D eigenvalue weighted by molar-refractivity contribution is 0.201. The van der Waals surface area contributed by atoms with Crippen molar-refractivity contribution in [3.63, 3.8) is 0 Å². The van der Waals surface area contributed by atoms with E-state index in [0.29, 0.717) is 6.54 Å². The third-order valence-corrected chi connectivity index (χ3v) is 3.73. The van der Waals surface area contributed by atoms with Gasteiger partial charge in [0.15, 0.2) is 0 Å². The first-order valence-corrected chi connectivity index (χ1v) is 5.55. The van der Waals surface area contributed by atoms with Crippen LogP contribution in [-0.4, -0.2) is 29.5 Å². The molecule has 0 aliphatic carbocycles. The minimum Gasteiger partial charge on any atom is -0.398 e. The van der Waals surface area contributed by atoms with E-state index in [-0.39, 0.29) is 11.4 Å². The zero-order valence-corrected chi connectivity index (χ0v) is 8.63. The number of aliphatic hydroxyl groups is 1. The topological polar surface area (TPSA) is 58.3 Å². The summed E-state index contributed by atoms with van der Waals surface area (Å²) in [5.41, 5.74) is 6.61. The van der Waals surface area contributed by atoms with Crippen molar-refractivity contribution in [2.75, 3.05) is 18.8 Å². The van der Waals surface area contributed by atoms with Crippen LogP contribution in [0.5, 0.6) is 0 Å². The fraction of sp³-hybridized carbons (Fsp3) is 0.400. The van der Waals surface area contributed by atoms with Crippen molar-refractivity contribution in [2.45, 2.75) is 16.2 Å². The molecule has 2 atom stereocenters. The smallest absolute Gasteiger partial charge is 0.0798 e. The number of anilines is 1. The van der Waals surface area contributed by atoms with Crippen LogP contribution in [0.15, 0.2) is 29.2 Å². The highest BCUT2D eigenvalue weighted by atomic mass is 32.2. The highest BCUT2D eigenvalue weighted by molar-refractivity contribution is 8.00. The number of β-amino-alcohol motifs (C(OH)–C–C–N with tert-alkyl or cyclic N) is 1. The summed E-state index contributed by atoms with van der Waals surface area (Å²) in [7, 11) is 0. The summed E-state index contributed by atoms with van der Waals surface area (Å²) in [6, 6.07) is 7.76. The molecule has 3 nitrogen and oxygen atoms in total. The normalized spacial score (nSPS) is 26.6. The first-order valence-electron chi connectivity index (χ1n) is 4.67. The van der Waals surface area contributed by atoms with E-state index >= 15 is 0 Å². The molecule has 1 heterocycles. The second-order valence-electron chi connectivity index (χ2n) is 3.42. The van der Waals surface area contributed by atoms with E-state index in [1.165, 1.54) is 0 Å². The highest BCUT2D eigenvalue weighted by Crippen LogP contribution is 2.31. The van der Waals surface area contributed by atoms with E-state index in [0.717, 1.165) is 17.1 Å². The van der Waals surface area contributed by atoms with Gasteiger partial charge in [0.2, 0.25) is 0 Å². The third-order valence-electron chi connectivity index (χ3n) is 2.33. The van der Waals surface area contributed by atoms with Crippen LogP contribution in [0.4, 0.5) is 5.69 Å². The van der Waals surface area contributed by atoms with Gasteiger partial charge in [-0.1, -0.05) is 12.1 Å². The Labute approximate surface area is 87.7 Å². The van der Waals surface area contributed by atoms with Crippen molar-refractivity contribution in [2.24, 2.45) is 0 Å². The van der Waals surface area contributed by atoms with Gasteiger partial charge < -0.3 is 16.2 Å². The number of rotatable bonds is 2. The Bertz CT molecular complexity index is 319. The fourth-order valence-electron chi connectivity index (χ4n) is 1.51. The van der Waals surface area contributed by atoms with Gasteiger partial charge in [-0.15, -0.1) is 11.8 Å². The van der Waals surface area contributed by atoms with E-state index in [1.54, 1.807) is 11.8 Å². The number of para-hydroxylation sites is 1. The number of nitrogen functional groups attached to an aromatic ring is 1. The molecule has 1 aliphatic heterocycles. The second-order valence-corrected chi connectivity index (χ2v) is 4.70. The van der Waals surface area contributed by atoms with Crippen LogP contribution < -0.4 is 11.1 Å². The molecule has 0 radical (unpaired) electrons. The lowest BCUT2D eigenvalue weighted by Crippen LogP contribution is -2.20. The van der Waals surface area contributed by atoms with Crippen molar-refractivity contribution in [1.29, 1.82) is 0 Å². The van der Waals surface area contributed by atoms with Crippen molar-refractivity contribution < 1.29 is 5.11 Å². The van der Waals surface area contributed by atoms with Crippen LogP contribution in [0.2, 0.25) is 0 Å². The number of nitrogens with two attached hydrogens (primary N) is 1. The zero-order chi connectivity index (χ0) is 9.97. The number of benzene rings is 1. The maximum Gasteiger partial charge on any atom is 0.0798 e. The molecule has 14 heavy (non-hydrogen) atoms. The second kappa shape index (κ2) is 4.21. The minimum atomic E-state index is -0.264. The predicted molar refractivity (Wildman–Crippen MR) is 59.4 cm³/mol. The quantitative estimate of drug-likeness (QED) is 0.629. The Morgan fingerprint density at radius 1 is 1.36 bits per heavy atom. The third kappa shape index (κ3) is 2.03. The van der Waals surface area contributed by atoms with Crippen LogP contribution in [0, 0.1) is 0 Å². The summed E-state index contributed by atoms with van der Waals surface area (Å²) in [6.07, 6.45) is -0.264. The number of nitrogens with one attached hydrogen (secondary N) is 1. The van der Waals surface area contributed by atoms with E-state index in [4.69, 9.17) is 5.73 Å². The number of hydrogen-bond donors (Lipinski definition) is 3. The molecule has 0 saturated carbocycles. The molecule has 1 aromatic carbocycles. The molecule has 0 amide bonds. The summed E-state index contributed by atoms with van der Waals surface area (Å²) in [5.74, 6) is 0. The van der Waals surface area contributed by atoms with Gasteiger partial charge in [0.1, 0.15) is 0 Å². The van der Waals surface area contributed by atoms with Crippen LogP contribution in [0.25, 0.3) is 0 Å². The molecule has 0 bridgehead atoms. The molecular formula is C10H14N2OS. The molecule has 76 valence electrons. The summed E-state index contributed by atoms with van der Waals surface area (Å²) < 4.78 is 0. The van der Waals surface area contributed by atoms with E-state index in [9.17, 15) is 5.11 Å². The van der Waals surface area contributed by atoms with Crippen LogP contribution in [-0.2, 0) is 0 Å². The monoisotopic (exact) mass is 210 g/mol. The summed E-state index contributed by atoms with van der Waals surface area (Å²) in [5, 5.41) is 13.0. The molecule has 1 fully saturated rings. The standard InChI is InChI=1S/C10H14N2OS/c11-7-3-1-2-4-9(7)14-10-6-12-5-8(10)13/h1-4,8,10,12-13H,5-6,11H2/t8-,10-/m1/s1. The predicted octanol–water partition coefficient (Wildman–Crippen LogP) is 0.694. The number of hydrogen-bond acceptors (Lipinski definition) is 4. The Morgan fingerprint density at radius 2 is 2.14 bits per heavy atom. The summed E-state index contributed by atoms with van der Waals surface area (Å²) in [6.45, 7) is 1.53. The highest BCUT2D eigenvalue weighted by Gasteiger charge is 2.26. The Hall–Kier alpha value is -0.710. The molecule has 0 aromatic heterocycles. The van der Waals surface area contributed by atoms with Gasteiger partial charge in [-0.3, -0.25) is 0 Å². The Balaban J connectivity index is 2.07. The molecule has 4 heteroatoms. The fourth-order valence-corrected chi connectivity index (χ4v) is 2.65. The van der Waals surface area contributed by atoms with Gasteiger partial charge in [-0.05, 0) is 12.1 Å². The van der Waals surface area contributed by atoms with Gasteiger partial charge in [-0.2, -0.15) is 0 Å². The van der Waals surface area contributed by atoms with Crippen molar-refractivity contribution >= 4 is 17.4 Å². The largest absolute Gasteiger partial charge is 0.398 e. The Kier molecular flexibility index (Phi) is 2.96. The molecule has 2 rings (SSSR count). The molecule has 1 saturated heterocycles. The SMILES string of the molecule is Nc1ccccc1S[C@@H]1CNC[C@H]1O. The minimum absolute atomic E-state index is 0.222. The van der Waals surface area contributed by atoms with Crippen LogP contribution in [0.3, 0.4) is 0 Å². The van der Waals surface area contributed by atoms with Gasteiger partial charge in [0.05, 0.1) is 6.10 Å². The first-order chi connectivity index (χ1) is 6.77. The number of thioether (sulfide) groups is 1. The van der Waals surface area contributed by atoms with Crippen molar-refractivity contribution in [3.05, 3.63) is 24.3 Å². The van der Waals surface area contributed by atoms with Gasteiger partial charge in [0, 0.05) is 28.9 Å². The van der Waals surface area contributed by atoms with Crippen molar-refractivity contribution in [1.82, 2.24) is 5.32 Å². The van der Waals surface area contributed by atoms with E-state index in [2.05, 4.69) is 5.32 Å². The average molecular weight is 210 g/mol. The van der Waals surface area contributed by atoms with Crippen LogP contribution >= 0.6 is 11.8 Å². The zero-order valence-electron chi connectivity index (χ0n) is 7.81. The van der Waals surface area contributed by atoms with E-state index in [1.807, 2.05) is 24.3 Å². The summed E-state index contributed by atoms with van der Waals surface area (Å²) >= 11 is 1.65. The van der Waals surface area contributed by atoms with Gasteiger partial charge >= 0.3 is 0 Å². The van der Waals surface area contributed by atoms with Crippen LogP contribution in [0.1, 0.15) is 0 Å². The lowest BCUT2D eigenvalue weighted by atomic mass is 10.3. The molecular weight excluding hydrogens is 196 g/mol. The maximum absolute atomic E-state index is 9.62. The average Bonchev–Trinajstić information content (AvgIpc) is 2.56. The number of aliphatic hydroxyl groups excluding tert-OH is 1. The lowest BCUT2D eigenvalue weighted by Gasteiger charge is -2.13. The molecule has 0 unspecified atom stereocenters. The first kappa shape index (κ1) is 9.83. The molecule has 4 N–H and O–H groups in total. The van der Waals surface area contributed by atoms with Crippen molar-refractivity contribution in [3.8, 4) is 0 Å². The molecule has 1 aromatic rings. The van der Waals surface area contributed by atoms with Gasteiger partial charge in [0.25, 0.3) is 0 Å². The Morgan fingerprint density at radius 3 is 2.79 bits per heavy atom. The molecule has 0 spiro atoms. The maximum atomic E-state index is 9.62.